The molecule has 1 aliphatic heterocycles. The molecule has 1 saturated carbocycles. The zero-order valence-electron chi connectivity index (χ0n) is 17.3. The average Bonchev–Trinajstić information content (AvgIpc) is 3.56. The fraction of sp³-hybridized carbons (Fsp3) is 0.478. The van der Waals surface area contributed by atoms with E-state index in [1.54, 1.807) is 31.1 Å². The van der Waals surface area contributed by atoms with E-state index >= 15 is 4.39 Å². The Bertz CT molecular complexity index is 1030. The fourth-order valence-corrected chi connectivity index (χ4v) is 5.79. The molecule has 0 amide bonds. The molecule has 1 aromatic carbocycles. The van der Waals surface area contributed by atoms with Crippen molar-refractivity contribution in [1.82, 2.24) is 4.98 Å². The van der Waals surface area contributed by atoms with Gasteiger partial charge in [-0.05, 0) is 55.0 Å². The van der Waals surface area contributed by atoms with Crippen molar-refractivity contribution < 1.29 is 13.9 Å². The van der Waals surface area contributed by atoms with E-state index in [-0.39, 0.29) is 11.2 Å². The molecule has 2 atom stereocenters. The van der Waals surface area contributed by atoms with E-state index in [0.717, 1.165) is 17.7 Å². The molecule has 0 unspecified atom stereocenters. The predicted molar refractivity (Wildman–Crippen MR) is 117 cm³/mol. The molecule has 30 heavy (non-hydrogen) atoms. The molecule has 0 saturated heterocycles. The summed E-state index contributed by atoms with van der Waals surface area (Å²) in [5.41, 5.74) is 7.77. The number of fused-ring (bicyclic) bond motifs is 2. The van der Waals surface area contributed by atoms with Gasteiger partial charge in [-0.3, -0.25) is 4.99 Å². The number of amidine groups is 1. The fourth-order valence-electron chi connectivity index (χ4n) is 4.77. The minimum Gasteiger partial charge on any atom is -0.493 e. The first-order valence-electron chi connectivity index (χ1n) is 10.4. The number of thioether (sulfide) groups is 1. The van der Waals surface area contributed by atoms with Gasteiger partial charge < -0.3 is 15.2 Å². The molecule has 7 heteroatoms. The lowest BCUT2D eigenvalue weighted by Gasteiger charge is -2.52. The van der Waals surface area contributed by atoms with Gasteiger partial charge in [0.1, 0.15) is 17.1 Å². The smallest absolute Gasteiger partial charge is 0.216 e. The van der Waals surface area contributed by atoms with Gasteiger partial charge in [-0.15, -0.1) is 0 Å². The number of aliphatic imine (C=N–C) groups is 1. The topological polar surface area (TPSA) is 69.7 Å². The van der Waals surface area contributed by atoms with E-state index in [1.165, 1.54) is 24.5 Å². The molecule has 1 aromatic heterocycles. The molecular formula is C23H26FN3O2S. The maximum absolute atomic E-state index is 15.4. The number of hydrogen-bond acceptors (Lipinski definition) is 6. The van der Waals surface area contributed by atoms with Crippen molar-refractivity contribution in [2.45, 2.75) is 38.1 Å². The molecule has 3 aliphatic rings. The summed E-state index contributed by atoms with van der Waals surface area (Å²) in [6.07, 6.45) is 5.42. The first kappa shape index (κ1) is 19.7. The molecule has 2 aromatic rings. The summed E-state index contributed by atoms with van der Waals surface area (Å²) in [5.74, 6) is 2.36. The minimum atomic E-state index is -0.839. The van der Waals surface area contributed by atoms with Crippen LogP contribution in [-0.4, -0.2) is 29.6 Å². The second-order valence-electron chi connectivity index (χ2n) is 8.87. The Morgan fingerprint density at radius 1 is 1.27 bits per heavy atom. The number of rotatable bonds is 5. The standard InChI is InChI=1S/C23H26FN3O2S/c1-22-10-15-7-8-26-20(28-2)17(15)11-23(22,27-21(25)30-13-22)18-9-16(5-6-19(18)24)29-12-14-3-4-14/h5-9,14H,3-4,10-13H2,1-2H3,(H2,25,27)/t22-,23+/m0/s1. The molecule has 1 fully saturated rings. The van der Waals surface area contributed by atoms with Gasteiger partial charge in [-0.25, -0.2) is 9.37 Å². The number of ether oxygens (including phenoxy) is 2. The SMILES string of the molecule is COc1nccc2c1C[C@]1(c3cc(OCC4CC4)ccc3F)N=C(N)SC[C@]1(C)C2. The summed E-state index contributed by atoms with van der Waals surface area (Å²) in [6, 6.07) is 7.07. The highest BCUT2D eigenvalue weighted by molar-refractivity contribution is 8.13. The molecular weight excluding hydrogens is 401 g/mol. The van der Waals surface area contributed by atoms with Crippen molar-refractivity contribution in [2.24, 2.45) is 22.1 Å². The maximum atomic E-state index is 15.4. The largest absolute Gasteiger partial charge is 0.493 e. The van der Waals surface area contributed by atoms with Crippen LogP contribution in [0.5, 0.6) is 11.6 Å². The molecule has 2 heterocycles. The highest BCUT2D eigenvalue weighted by Crippen LogP contribution is 2.57. The van der Waals surface area contributed by atoms with E-state index in [0.29, 0.717) is 41.3 Å². The van der Waals surface area contributed by atoms with Crippen LogP contribution in [0.1, 0.15) is 36.5 Å². The maximum Gasteiger partial charge on any atom is 0.216 e. The van der Waals surface area contributed by atoms with Gasteiger partial charge in [0.25, 0.3) is 0 Å². The van der Waals surface area contributed by atoms with E-state index in [4.69, 9.17) is 20.2 Å². The van der Waals surface area contributed by atoms with Crippen LogP contribution in [0.3, 0.4) is 0 Å². The number of pyridine rings is 1. The van der Waals surface area contributed by atoms with Crippen molar-refractivity contribution in [3.63, 3.8) is 0 Å². The lowest BCUT2D eigenvalue weighted by molar-refractivity contribution is 0.146. The summed E-state index contributed by atoms with van der Waals surface area (Å²) < 4.78 is 26.9. The Hall–Kier alpha value is -2.28. The molecule has 2 N–H and O–H groups in total. The summed E-state index contributed by atoms with van der Waals surface area (Å²) in [7, 11) is 1.62. The molecule has 5 nitrogen and oxygen atoms in total. The number of hydrogen-bond donors (Lipinski definition) is 1. The van der Waals surface area contributed by atoms with Gasteiger partial charge in [0.2, 0.25) is 5.88 Å². The molecule has 5 rings (SSSR count). The number of nitrogens with zero attached hydrogens (tertiary/aromatic N) is 2. The molecule has 0 spiro atoms. The second-order valence-corrected chi connectivity index (χ2v) is 9.86. The van der Waals surface area contributed by atoms with Crippen LogP contribution in [0, 0.1) is 17.2 Å². The summed E-state index contributed by atoms with van der Waals surface area (Å²) >= 11 is 1.54. The van der Waals surface area contributed by atoms with Crippen molar-refractivity contribution in [3.8, 4) is 11.6 Å². The Kier molecular flexibility index (Phi) is 4.69. The number of aromatic nitrogens is 1. The minimum absolute atomic E-state index is 0.283. The van der Waals surface area contributed by atoms with E-state index < -0.39 is 5.54 Å². The van der Waals surface area contributed by atoms with Crippen molar-refractivity contribution in [2.75, 3.05) is 19.5 Å². The lowest BCUT2D eigenvalue weighted by Crippen LogP contribution is -2.54. The first-order valence-corrected chi connectivity index (χ1v) is 11.3. The normalized spacial score (nSPS) is 27.6. The van der Waals surface area contributed by atoms with E-state index in [9.17, 15) is 0 Å². The zero-order chi connectivity index (χ0) is 20.9. The van der Waals surface area contributed by atoms with Crippen molar-refractivity contribution in [1.29, 1.82) is 0 Å². The monoisotopic (exact) mass is 427 g/mol. The van der Waals surface area contributed by atoms with Crippen molar-refractivity contribution >= 4 is 16.9 Å². The van der Waals surface area contributed by atoms with Crippen LogP contribution in [0.25, 0.3) is 0 Å². The number of methoxy groups -OCH3 is 1. The molecule has 2 aliphatic carbocycles. The van der Waals surface area contributed by atoms with Gasteiger partial charge in [0.05, 0.1) is 13.7 Å². The summed E-state index contributed by atoms with van der Waals surface area (Å²) in [5, 5.41) is 0.488. The average molecular weight is 428 g/mol. The molecule has 158 valence electrons. The second kappa shape index (κ2) is 7.15. The van der Waals surface area contributed by atoms with Crippen molar-refractivity contribution in [3.05, 3.63) is 53.0 Å². The van der Waals surface area contributed by atoms with Crippen LogP contribution in [0.15, 0.2) is 35.5 Å². The predicted octanol–water partition coefficient (Wildman–Crippen LogP) is 4.08. The summed E-state index contributed by atoms with van der Waals surface area (Å²) in [6.45, 7) is 2.86. The highest BCUT2D eigenvalue weighted by atomic mass is 32.2. The van der Waals surface area contributed by atoms with Crippen LogP contribution in [0.2, 0.25) is 0 Å². The Labute approximate surface area is 180 Å². The van der Waals surface area contributed by atoms with Gasteiger partial charge >= 0.3 is 0 Å². The van der Waals surface area contributed by atoms with Gasteiger partial charge in [-0.1, -0.05) is 18.7 Å². The molecule has 0 bridgehead atoms. The third-order valence-electron chi connectivity index (χ3n) is 6.72. The third-order valence-corrected chi connectivity index (χ3v) is 7.89. The summed E-state index contributed by atoms with van der Waals surface area (Å²) in [4.78, 5) is 9.32. The Balaban J connectivity index is 1.66. The van der Waals surface area contributed by atoms with Gasteiger partial charge in [-0.2, -0.15) is 0 Å². The zero-order valence-corrected chi connectivity index (χ0v) is 18.1. The lowest BCUT2D eigenvalue weighted by atomic mass is 9.59. The number of halogens is 1. The third kappa shape index (κ3) is 3.14. The number of nitrogens with two attached hydrogens (primary N) is 1. The Morgan fingerprint density at radius 2 is 2.10 bits per heavy atom. The van der Waals surface area contributed by atoms with Crippen LogP contribution >= 0.6 is 11.8 Å². The van der Waals surface area contributed by atoms with Crippen LogP contribution in [-0.2, 0) is 18.4 Å². The van der Waals surface area contributed by atoms with Gasteiger partial charge in [0.15, 0.2) is 5.17 Å². The quantitative estimate of drug-likeness (QED) is 0.779. The van der Waals surface area contributed by atoms with Crippen LogP contribution in [0.4, 0.5) is 4.39 Å². The Morgan fingerprint density at radius 3 is 2.87 bits per heavy atom. The van der Waals surface area contributed by atoms with E-state index in [1.807, 2.05) is 12.1 Å². The number of benzene rings is 1. The van der Waals surface area contributed by atoms with Gasteiger partial charge in [0, 0.05) is 34.9 Å². The van der Waals surface area contributed by atoms with Crippen LogP contribution < -0.4 is 15.2 Å². The molecule has 0 radical (unpaired) electrons. The van der Waals surface area contributed by atoms with E-state index in [2.05, 4.69) is 11.9 Å². The highest BCUT2D eigenvalue weighted by Gasteiger charge is 2.56. The first-order chi connectivity index (χ1) is 14.4.